The van der Waals surface area contributed by atoms with Gasteiger partial charge in [-0.05, 0) is 80.4 Å². The lowest BCUT2D eigenvalue weighted by Gasteiger charge is -2.11. The average Bonchev–Trinajstić information content (AvgIpc) is 2.73. The molecule has 0 heterocycles. The van der Waals surface area contributed by atoms with E-state index < -0.39 is 16.0 Å². The summed E-state index contributed by atoms with van der Waals surface area (Å²) in [6.45, 7) is 5.72. The maximum atomic E-state index is 12.7. The Bertz CT molecular complexity index is 1230. The third-order valence-electron chi connectivity index (χ3n) is 4.73. The van der Waals surface area contributed by atoms with Crippen LogP contribution in [0, 0.1) is 20.8 Å². The first-order chi connectivity index (χ1) is 15.6. The van der Waals surface area contributed by atoms with Gasteiger partial charge >= 0.3 is 5.97 Å². The number of amides is 1. The van der Waals surface area contributed by atoms with Crippen LogP contribution in [-0.2, 0) is 19.6 Å². The Labute approximate surface area is 193 Å². The third kappa shape index (κ3) is 7.18. The monoisotopic (exact) mass is 466 g/mol. The second-order valence-electron chi connectivity index (χ2n) is 7.84. The zero-order valence-electron chi connectivity index (χ0n) is 18.7. The molecule has 0 radical (unpaired) electrons. The van der Waals surface area contributed by atoms with Crippen LogP contribution in [0.2, 0.25) is 0 Å². The fourth-order valence-corrected chi connectivity index (χ4v) is 4.23. The molecular weight excluding hydrogens is 440 g/mol. The molecule has 0 aromatic heterocycles. The molecule has 0 bridgehead atoms. The molecule has 3 rings (SSSR count). The summed E-state index contributed by atoms with van der Waals surface area (Å²) in [6, 6.07) is 18.3. The Morgan fingerprint density at radius 1 is 0.758 bits per heavy atom. The molecule has 0 aliphatic heterocycles. The molecule has 3 aromatic rings. The summed E-state index contributed by atoms with van der Waals surface area (Å²) in [5.74, 6) is -0.454. The van der Waals surface area contributed by atoms with E-state index in [9.17, 15) is 18.0 Å². The van der Waals surface area contributed by atoms with E-state index in [1.807, 2.05) is 39.0 Å². The zero-order chi connectivity index (χ0) is 24.0. The molecule has 0 saturated carbocycles. The van der Waals surface area contributed by atoms with Crippen LogP contribution in [0.1, 0.15) is 29.5 Å². The maximum Gasteiger partial charge on any atom is 0.311 e. The van der Waals surface area contributed by atoms with Crippen molar-refractivity contribution in [2.45, 2.75) is 38.5 Å². The van der Waals surface area contributed by atoms with Crippen LogP contribution in [0.4, 0.5) is 11.4 Å². The highest BCUT2D eigenvalue weighted by atomic mass is 32.2. The number of hydrogen-bond donors (Lipinski definition) is 2. The normalized spacial score (nSPS) is 11.0. The quantitative estimate of drug-likeness (QED) is 0.369. The van der Waals surface area contributed by atoms with Gasteiger partial charge in [-0.3, -0.25) is 14.3 Å². The number of hydrogen-bond acceptors (Lipinski definition) is 5. The minimum absolute atomic E-state index is 0.0565. The van der Waals surface area contributed by atoms with E-state index in [1.165, 1.54) is 24.3 Å². The third-order valence-corrected chi connectivity index (χ3v) is 6.13. The van der Waals surface area contributed by atoms with Gasteiger partial charge in [0.2, 0.25) is 5.91 Å². The van der Waals surface area contributed by atoms with Crippen molar-refractivity contribution >= 4 is 33.3 Å². The Kier molecular flexibility index (Phi) is 7.50. The summed E-state index contributed by atoms with van der Waals surface area (Å²) in [7, 11) is -3.77. The van der Waals surface area contributed by atoms with Gasteiger partial charge < -0.3 is 10.1 Å². The maximum absolute atomic E-state index is 12.7. The number of sulfonamides is 1. The van der Waals surface area contributed by atoms with Gasteiger partial charge in [0.05, 0.1) is 11.3 Å². The molecule has 0 aliphatic carbocycles. The van der Waals surface area contributed by atoms with Crippen LogP contribution in [-0.4, -0.2) is 20.3 Å². The van der Waals surface area contributed by atoms with E-state index >= 15 is 0 Å². The van der Waals surface area contributed by atoms with Crippen molar-refractivity contribution in [1.29, 1.82) is 0 Å². The Hall–Kier alpha value is -3.65. The van der Waals surface area contributed by atoms with Crippen LogP contribution in [0.3, 0.4) is 0 Å². The smallest absolute Gasteiger partial charge is 0.311 e. The van der Waals surface area contributed by atoms with Gasteiger partial charge in [-0.15, -0.1) is 0 Å². The Morgan fingerprint density at radius 2 is 1.36 bits per heavy atom. The second kappa shape index (κ2) is 10.3. The predicted octanol–water partition coefficient (Wildman–Crippen LogP) is 4.74. The number of benzene rings is 3. The van der Waals surface area contributed by atoms with Gasteiger partial charge in [0.25, 0.3) is 10.0 Å². The summed E-state index contributed by atoms with van der Waals surface area (Å²) >= 11 is 0. The summed E-state index contributed by atoms with van der Waals surface area (Å²) in [6.07, 6.45) is -0.134. The van der Waals surface area contributed by atoms with Crippen LogP contribution < -0.4 is 14.8 Å². The van der Waals surface area contributed by atoms with E-state index in [4.69, 9.17) is 4.74 Å². The molecule has 0 atom stereocenters. The fourth-order valence-electron chi connectivity index (χ4n) is 3.19. The number of ether oxygens (including phenoxy) is 1. The number of carbonyl (C=O) groups is 2. The summed E-state index contributed by atoms with van der Waals surface area (Å²) in [4.78, 5) is 24.1. The molecule has 8 heteroatoms. The van der Waals surface area contributed by atoms with E-state index in [1.54, 1.807) is 24.3 Å². The van der Waals surface area contributed by atoms with Crippen molar-refractivity contribution < 1.29 is 22.7 Å². The highest BCUT2D eigenvalue weighted by Crippen LogP contribution is 2.20. The number of nitrogens with one attached hydrogen (secondary N) is 2. The second-order valence-corrected chi connectivity index (χ2v) is 9.52. The first-order valence-electron chi connectivity index (χ1n) is 10.4. The molecule has 7 nitrogen and oxygen atoms in total. The van der Waals surface area contributed by atoms with E-state index in [-0.39, 0.29) is 23.6 Å². The number of carbonyl (C=O) groups excluding carboxylic acids is 2. The lowest BCUT2D eigenvalue weighted by Crippen LogP contribution is -2.16. The molecule has 0 unspecified atom stereocenters. The Morgan fingerprint density at radius 3 is 1.97 bits per heavy atom. The summed E-state index contributed by atoms with van der Waals surface area (Å²) < 4.78 is 33.1. The fraction of sp³-hybridized carbons (Fsp3) is 0.200. The molecule has 3 aromatic carbocycles. The molecule has 0 aliphatic rings. The number of anilines is 2. The number of aryl methyl sites for hydroxylation is 3. The van der Waals surface area contributed by atoms with Crippen molar-refractivity contribution in [3.05, 3.63) is 83.4 Å². The topological polar surface area (TPSA) is 102 Å². The Balaban J connectivity index is 1.53. The number of esters is 1. The molecule has 172 valence electrons. The lowest BCUT2D eigenvalue weighted by atomic mass is 10.1. The van der Waals surface area contributed by atoms with Crippen molar-refractivity contribution in [3.8, 4) is 5.75 Å². The van der Waals surface area contributed by atoms with E-state index in [2.05, 4.69) is 10.0 Å². The van der Waals surface area contributed by atoms with Gasteiger partial charge in [0.15, 0.2) is 0 Å². The van der Waals surface area contributed by atoms with Gasteiger partial charge in [-0.2, -0.15) is 0 Å². The minimum Gasteiger partial charge on any atom is -0.427 e. The lowest BCUT2D eigenvalue weighted by molar-refractivity contribution is -0.135. The summed E-state index contributed by atoms with van der Waals surface area (Å²) in [5.41, 5.74) is 3.87. The van der Waals surface area contributed by atoms with Crippen molar-refractivity contribution in [2.24, 2.45) is 0 Å². The molecule has 0 fully saturated rings. The van der Waals surface area contributed by atoms with Gasteiger partial charge in [0.1, 0.15) is 5.75 Å². The SMILES string of the molecule is Cc1ccc(OC(=O)CCC(=O)Nc2ccc(S(=O)(=O)Nc3cc(C)cc(C)c3)cc2)cc1. The molecule has 2 N–H and O–H groups in total. The molecule has 0 spiro atoms. The highest BCUT2D eigenvalue weighted by Gasteiger charge is 2.15. The zero-order valence-corrected chi connectivity index (χ0v) is 19.5. The van der Waals surface area contributed by atoms with Gasteiger partial charge in [-0.1, -0.05) is 23.8 Å². The standard InChI is InChI=1S/C25H26N2O5S/c1-17-4-8-22(9-5-17)32-25(29)13-12-24(28)26-20-6-10-23(11-7-20)33(30,31)27-21-15-18(2)14-19(3)16-21/h4-11,14-16,27H,12-13H2,1-3H3,(H,26,28). The molecular formula is C25H26N2O5S. The highest BCUT2D eigenvalue weighted by molar-refractivity contribution is 7.92. The van der Waals surface area contributed by atoms with Crippen molar-refractivity contribution in [1.82, 2.24) is 0 Å². The molecule has 0 saturated heterocycles. The van der Waals surface area contributed by atoms with E-state index in [0.29, 0.717) is 17.1 Å². The number of rotatable bonds is 8. The van der Waals surface area contributed by atoms with Crippen molar-refractivity contribution in [2.75, 3.05) is 10.0 Å². The molecule has 1 amide bonds. The first-order valence-corrected chi connectivity index (χ1v) is 11.9. The van der Waals surface area contributed by atoms with Crippen LogP contribution in [0.5, 0.6) is 5.75 Å². The first kappa shape index (κ1) is 24.0. The predicted molar refractivity (Wildman–Crippen MR) is 128 cm³/mol. The van der Waals surface area contributed by atoms with E-state index in [0.717, 1.165) is 16.7 Å². The van der Waals surface area contributed by atoms with Gasteiger partial charge in [0, 0.05) is 17.8 Å². The van der Waals surface area contributed by atoms with Crippen molar-refractivity contribution in [3.63, 3.8) is 0 Å². The largest absolute Gasteiger partial charge is 0.427 e. The average molecular weight is 467 g/mol. The van der Waals surface area contributed by atoms with Crippen LogP contribution in [0.15, 0.2) is 71.6 Å². The minimum atomic E-state index is -3.77. The van der Waals surface area contributed by atoms with Crippen LogP contribution in [0.25, 0.3) is 0 Å². The molecule has 33 heavy (non-hydrogen) atoms. The van der Waals surface area contributed by atoms with Crippen LogP contribution >= 0.6 is 0 Å². The summed E-state index contributed by atoms with van der Waals surface area (Å²) in [5, 5.41) is 2.65. The van der Waals surface area contributed by atoms with Gasteiger partial charge in [-0.25, -0.2) is 8.42 Å².